The maximum atomic E-state index is 12.4. The number of amides is 1. The first-order valence-corrected chi connectivity index (χ1v) is 9.41. The summed E-state index contributed by atoms with van der Waals surface area (Å²) in [5.41, 5.74) is 3.81. The lowest BCUT2D eigenvalue weighted by Gasteiger charge is -2.28. The molecule has 0 fully saturated rings. The molecule has 142 valence electrons. The van der Waals surface area contributed by atoms with Crippen LogP contribution in [0.5, 0.6) is 5.75 Å². The molecular formula is C22H22N4O2. The van der Waals surface area contributed by atoms with Gasteiger partial charge < -0.3 is 15.0 Å². The fraction of sp³-hybridized carbons (Fsp3) is 0.227. The van der Waals surface area contributed by atoms with Crippen LogP contribution in [0.25, 0.3) is 0 Å². The molecule has 0 unspecified atom stereocenters. The Kier molecular flexibility index (Phi) is 5.19. The van der Waals surface area contributed by atoms with Gasteiger partial charge in [-0.2, -0.15) is 0 Å². The molecule has 6 heteroatoms. The van der Waals surface area contributed by atoms with Crippen LogP contribution in [0.3, 0.4) is 0 Å². The standard InChI is InChI=1S/C22H22N4O2/c1-2-28-20-9-7-19(8-10-20)25-21(27)18-13-23-22(24-14-18)26-12-11-16-5-3-4-6-17(16)15-26/h3-10,13-14H,2,11-12,15H2,1H3,(H,25,27). The molecule has 28 heavy (non-hydrogen) atoms. The topological polar surface area (TPSA) is 67.3 Å². The second-order valence-electron chi connectivity index (χ2n) is 6.62. The van der Waals surface area contributed by atoms with Gasteiger partial charge in [-0.1, -0.05) is 24.3 Å². The molecule has 0 saturated carbocycles. The van der Waals surface area contributed by atoms with E-state index in [1.165, 1.54) is 11.1 Å². The fourth-order valence-corrected chi connectivity index (χ4v) is 3.27. The number of rotatable bonds is 5. The minimum Gasteiger partial charge on any atom is -0.494 e. The third kappa shape index (κ3) is 3.96. The zero-order chi connectivity index (χ0) is 19.3. The van der Waals surface area contributed by atoms with Gasteiger partial charge >= 0.3 is 0 Å². The molecule has 0 saturated heterocycles. The van der Waals surface area contributed by atoms with Crippen LogP contribution in [-0.2, 0) is 13.0 Å². The fourth-order valence-electron chi connectivity index (χ4n) is 3.27. The summed E-state index contributed by atoms with van der Waals surface area (Å²) >= 11 is 0. The molecule has 0 bridgehead atoms. The smallest absolute Gasteiger partial charge is 0.258 e. The minimum absolute atomic E-state index is 0.236. The predicted molar refractivity (Wildman–Crippen MR) is 109 cm³/mol. The number of hydrogen-bond donors (Lipinski definition) is 1. The molecule has 4 rings (SSSR count). The average Bonchev–Trinajstić information content (AvgIpc) is 2.75. The molecule has 0 spiro atoms. The van der Waals surface area contributed by atoms with Crippen molar-refractivity contribution in [2.24, 2.45) is 0 Å². The van der Waals surface area contributed by atoms with E-state index in [0.29, 0.717) is 23.8 Å². The van der Waals surface area contributed by atoms with Crippen LogP contribution < -0.4 is 15.0 Å². The van der Waals surface area contributed by atoms with Gasteiger partial charge in [-0.15, -0.1) is 0 Å². The van der Waals surface area contributed by atoms with E-state index in [-0.39, 0.29) is 5.91 Å². The number of hydrogen-bond acceptors (Lipinski definition) is 5. The Morgan fingerprint density at radius 2 is 1.79 bits per heavy atom. The van der Waals surface area contributed by atoms with Crippen molar-refractivity contribution in [1.82, 2.24) is 9.97 Å². The number of benzene rings is 2. The zero-order valence-corrected chi connectivity index (χ0v) is 15.8. The summed E-state index contributed by atoms with van der Waals surface area (Å²) in [5, 5.41) is 2.85. The Labute approximate surface area is 164 Å². The maximum Gasteiger partial charge on any atom is 0.258 e. The summed E-state index contributed by atoms with van der Waals surface area (Å²) in [6, 6.07) is 15.7. The van der Waals surface area contributed by atoms with Crippen LogP contribution >= 0.6 is 0 Å². The molecule has 0 atom stereocenters. The number of anilines is 2. The van der Waals surface area contributed by atoms with Gasteiger partial charge in [0, 0.05) is 31.2 Å². The third-order valence-corrected chi connectivity index (χ3v) is 4.74. The number of carbonyl (C=O) groups is 1. The summed E-state index contributed by atoms with van der Waals surface area (Å²) in [5.74, 6) is 1.18. The lowest BCUT2D eigenvalue weighted by atomic mass is 10.0. The van der Waals surface area contributed by atoms with Crippen LogP contribution in [0.2, 0.25) is 0 Å². The molecule has 2 aromatic carbocycles. The monoisotopic (exact) mass is 374 g/mol. The van der Waals surface area contributed by atoms with Gasteiger partial charge in [0.05, 0.1) is 12.2 Å². The van der Waals surface area contributed by atoms with Crippen LogP contribution in [0, 0.1) is 0 Å². The van der Waals surface area contributed by atoms with Gasteiger partial charge in [0.25, 0.3) is 5.91 Å². The van der Waals surface area contributed by atoms with Gasteiger partial charge in [0.15, 0.2) is 0 Å². The normalized spacial score (nSPS) is 13.0. The van der Waals surface area contributed by atoms with E-state index < -0.39 is 0 Å². The minimum atomic E-state index is -0.236. The Hall–Kier alpha value is -3.41. The molecule has 1 amide bonds. The number of ether oxygens (including phenoxy) is 1. The van der Waals surface area contributed by atoms with Crippen molar-refractivity contribution in [1.29, 1.82) is 0 Å². The first kappa shape index (κ1) is 18.0. The second kappa shape index (κ2) is 8.08. The van der Waals surface area contributed by atoms with E-state index in [2.05, 4.69) is 44.5 Å². The van der Waals surface area contributed by atoms with Crippen LogP contribution in [0.4, 0.5) is 11.6 Å². The van der Waals surface area contributed by atoms with Gasteiger partial charge in [0.2, 0.25) is 5.95 Å². The van der Waals surface area contributed by atoms with Crippen molar-refractivity contribution in [3.8, 4) is 5.75 Å². The molecule has 1 aliphatic heterocycles. The highest BCUT2D eigenvalue weighted by molar-refractivity contribution is 6.03. The summed E-state index contributed by atoms with van der Waals surface area (Å²) < 4.78 is 5.41. The zero-order valence-electron chi connectivity index (χ0n) is 15.8. The highest BCUT2D eigenvalue weighted by Crippen LogP contribution is 2.22. The quantitative estimate of drug-likeness (QED) is 0.738. The lowest BCUT2D eigenvalue weighted by molar-refractivity contribution is 0.102. The Bertz CT molecular complexity index is 955. The summed E-state index contributed by atoms with van der Waals surface area (Å²) in [7, 11) is 0. The van der Waals surface area contributed by atoms with E-state index in [4.69, 9.17) is 4.74 Å². The largest absolute Gasteiger partial charge is 0.494 e. The van der Waals surface area contributed by atoms with E-state index in [1.807, 2.05) is 31.2 Å². The number of nitrogens with one attached hydrogen (secondary N) is 1. The Balaban J connectivity index is 1.41. The van der Waals surface area contributed by atoms with Crippen LogP contribution in [-0.4, -0.2) is 29.0 Å². The summed E-state index contributed by atoms with van der Waals surface area (Å²) in [4.78, 5) is 23.4. The van der Waals surface area contributed by atoms with E-state index in [0.717, 1.165) is 25.3 Å². The highest BCUT2D eigenvalue weighted by Gasteiger charge is 2.18. The van der Waals surface area contributed by atoms with Crippen molar-refractivity contribution in [3.63, 3.8) is 0 Å². The van der Waals surface area contributed by atoms with Crippen molar-refractivity contribution in [3.05, 3.63) is 77.6 Å². The summed E-state index contributed by atoms with van der Waals surface area (Å²) in [6.07, 6.45) is 4.12. The molecule has 3 aromatic rings. The second-order valence-corrected chi connectivity index (χ2v) is 6.62. The first-order chi connectivity index (χ1) is 13.7. The Morgan fingerprint density at radius 3 is 2.50 bits per heavy atom. The molecule has 1 aliphatic rings. The highest BCUT2D eigenvalue weighted by atomic mass is 16.5. The van der Waals surface area contributed by atoms with E-state index >= 15 is 0 Å². The van der Waals surface area contributed by atoms with Gasteiger partial charge in [0.1, 0.15) is 5.75 Å². The van der Waals surface area contributed by atoms with E-state index in [9.17, 15) is 4.79 Å². The van der Waals surface area contributed by atoms with Crippen molar-refractivity contribution in [2.75, 3.05) is 23.4 Å². The van der Waals surface area contributed by atoms with Crippen LogP contribution in [0.1, 0.15) is 28.4 Å². The molecule has 1 N–H and O–H groups in total. The number of fused-ring (bicyclic) bond motifs is 1. The summed E-state index contributed by atoms with van der Waals surface area (Å²) in [6.45, 7) is 4.20. The maximum absolute atomic E-state index is 12.4. The molecule has 0 aliphatic carbocycles. The average molecular weight is 374 g/mol. The van der Waals surface area contributed by atoms with Crippen molar-refractivity contribution >= 4 is 17.5 Å². The third-order valence-electron chi connectivity index (χ3n) is 4.74. The number of aromatic nitrogens is 2. The molecule has 2 heterocycles. The first-order valence-electron chi connectivity index (χ1n) is 9.41. The number of carbonyl (C=O) groups excluding carboxylic acids is 1. The van der Waals surface area contributed by atoms with Crippen molar-refractivity contribution in [2.45, 2.75) is 19.9 Å². The van der Waals surface area contributed by atoms with E-state index in [1.54, 1.807) is 12.4 Å². The SMILES string of the molecule is CCOc1ccc(NC(=O)c2cnc(N3CCc4ccccc4C3)nc2)cc1. The Morgan fingerprint density at radius 1 is 1.07 bits per heavy atom. The molecule has 0 radical (unpaired) electrons. The van der Waals surface area contributed by atoms with Crippen LogP contribution in [0.15, 0.2) is 60.9 Å². The number of nitrogens with zero attached hydrogens (tertiary/aromatic N) is 3. The molecular weight excluding hydrogens is 352 g/mol. The molecule has 6 nitrogen and oxygen atoms in total. The lowest BCUT2D eigenvalue weighted by Crippen LogP contribution is -2.31. The van der Waals surface area contributed by atoms with Gasteiger partial charge in [-0.3, -0.25) is 4.79 Å². The molecule has 1 aromatic heterocycles. The van der Waals surface area contributed by atoms with Gasteiger partial charge in [-0.25, -0.2) is 9.97 Å². The predicted octanol–water partition coefficient (Wildman–Crippen LogP) is 3.69. The van der Waals surface area contributed by atoms with Crippen molar-refractivity contribution < 1.29 is 9.53 Å². The van der Waals surface area contributed by atoms with Gasteiger partial charge in [-0.05, 0) is 48.7 Å².